The SMILES string of the molecule is Nc1nc(-c2ccc(OCC(=O)OCCOc3ccccc3)cc2)cs1. The van der Waals surface area contributed by atoms with Crippen molar-refractivity contribution in [1.82, 2.24) is 4.98 Å². The Labute approximate surface area is 155 Å². The van der Waals surface area contributed by atoms with E-state index in [0.29, 0.717) is 17.5 Å². The van der Waals surface area contributed by atoms with Gasteiger partial charge in [-0.1, -0.05) is 18.2 Å². The Morgan fingerprint density at radius 2 is 1.69 bits per heavy atom. The van der Waals surface area contributed by atoms with Gasteiger partial charge in [-0.25, -0.2) is 9.78 Å². The van der Waals surface area contributed by atoms with Gasteiger partial charge in [0.15, 0.2) is 11.7 Å². The van der Waals surface area contributed by atoms with Crippen LogP contribution in [0, 0.1) is 0 Å². The predicted octanol–water partition coefficient (Wildman–Crippen LogP) is 3.39. The maximum Gasteiger partial charge on any atom is 0.344 e. The van der Waals surface area contributed by atoms with Crippen molar-refractivity contribution in [3.63, 3.8) is 0 Å². The van der Waals surface area contributed by atoms with Crippen molar-refractivity contribution >= 4 is 22.4 Å². The Balaban J connectivity index is 1.37. The molecule has 0 amide bonds. The number of para-hydroxylation sites is 1. The topological polar surface area (TPSA) is 83.7 Å². The second kappa shape index (κ2) is 8.87. The predicted molar refractivity (Wildman–Crippen MR) is 100 cm³/mol. The van der Waals surface area contributed by atoms with Crippen molar-refractivity contribution in [2.24, 2.45) is 0 Å². The molecule has 3 aromatic rings. The second-order valence-corrected chi connectivity index (χ2v) is 6.16. The first kappa shape index (κ1) is 17.8. The molecule has 2 aromatic carbocycles. The molecule has 0 aliphatic rings. The molecule has 26 heavy (non-hydrogen) atoms. The Bertz CT molecular complexity index is 834. The van der Waals surface area contributed by atoms with Crippen LogP contribution in [0.5, 0.6) is 11.5 Å². The van der Waals surface area contributed by atoms with Gasteiger partial charge in [-0.05, 0) is 36.4 Å². The lowest BCUT2D eigenvalue weighted by molar-refractivity contribution is -0.146. The summed E-state index contributed by atoms with van der Waals surface area (Å²) in [7, 11) is 0. The number of ether oxygens (including phenoxy) is 3. The van der Waals surface area contributed by atoms with Crippen LogP contribution in [-0.4, -0.2) is 30.8 Å². The molecule has 0 unspecified atom stereocenters. The summed E-state index contributed by atoms with van der Waals surface area (Å²) in [4.78, 5) is 15.9. The van der Waals surface area contributed by atoms with E-state index in [1.807, 2.05) is 47.8 Å². The van der Waals surface area contributed by atoms with Gasteiger partial charge >= 0.3 is 5.97 Å². The van der Waals surface area contributed by atoms with Gasteiger partial charge in [0.05, 0.1) is 5.69 Å². The first-order valence-electron chi connectivity index (χ1n) is 7.98. The van der Waals surface area contributed by atoms with Gasteiger partial charge in [0, 0.05) is 10.9 Å². The molecule has 0 aliphatic carbocycles. The van der Waals surface area contributed by atoms with Gasteiger partial charge in [-0.2, -0.15) is 0 Å². The molecule has 1 heterocycles. The summed E-state index contributed by atoms with van der Waals surface area (Å²) < 4.78 is 15.9. The van der Waals surface area contributed by atoms with Gasteiger partial charge in [-0.15, -0.1) is 11.3 Å². The van der Waals surface area contributed by atoms with E-state index < -0.39 is 5.97 Å². The van der Waals surface area contributed by atoms with E-state index in [0.717, 1.165) is 17.0 Å². The quantitative estimate of drug-likeness (QED) is 0.483. The highest BCUT2D eigenvalue weighted by Crippen LogP contribution is 2.24. The summed E-state index contributed by atoms with van der Waals surface area (Å²) in [5, 5.41) is 2.42. The standard InChI is InChI=1S/C19H18N2O4S/c20-19-21-17(13-26-19)14-6-8-16(9-7-14)25-12-18(22)24-11-10-23-15-4-2-1-3-5-15/h1-9,13H,10-12H2,(H2,20,21). The number of nitrogen functional groups attached to an aromatic ring is 1. The minimum absolute atomic E-state index is 0.158. The van der Waals surface area contributed by atoms with Crippen molar-refractivity contribution in [1.29, 1.82) is 0 Å². The fraction of sp³-hybridized carbons (Fsp3) is 0.158. The van der Waals surface area contributed by atoms with Gasteiger partial charge in [0.1, 0.15) is 24.7 Å². The maximum absolute atomic E-state index is 11.7. The van der Waals surface area contributed by atoms with E-state index in [4.69, 9.17) is 19.9 Å². The summed E-state index contributed by atoms with van der Waals surface area (Å²) in [6.45, 7) is 0.302. The molecule has 0 saturated carbocycles. The number of hydrogen-bond acceptors (Lipinski definition) is 7. The fourth-order valence-electron chi connectivity index (χ4n) is 2.16. The molecular formula is C19H18N2O4S. The Hall–Kier alpha value is -3.06. The Morgan fingerprint density at radius 3 is 2.38 bits per heavy atom. The second-order valence-electron chi connectivity index (χ2n) is 5.27. The van der Waals surface area contributed by atoms with Gasteiger partial charge in [-0.3, -0.25) is 0 Å². The number of nitrogens with zero attached hydrogens (tertiary/aromatic N) is 1. The third-order valence-corrected chi connectivity index (χ3v) is 4.06. The van der Waals surface area contributed by atoms with E-state index in [1.165, 1.54) is 11.3 Å². The molecule has 1 aromatic heterocycles. The molecule has 0 saturated heterocycles. The molecule has 7 heteroatoms. The molecule has 0 fully saturated rings. The fourth-order valence-corrected chi connectivity index (χ4v) is 2.73. The van der Waals surface area contributed by atoms with Crippen molar-refractivity contribution in [3.8, 4) is 22.8 Å². The van der Waals surface area contributed by atoms with Crippen molar-refractivity contribution in [2.45, 2.75) is 0 Å². The van der Waals surface area contributed by atoms with Crippen LogP contribution in [0.1, 0.15) is 0 Å². The molecule has 0 aliphatic heterocycles. The van der Waals surface area contributed by atoms with Gasteiger partial charge in [0.2, 0.25) is 0 Å². The highest BCUT2D eigenvalue weighted by atomic mass is 32.1. The molecule has 6 nitrogen and oxygen atoms in total. The van der Waals surface area contributed by atoms with E-state index in [1.54, 1.807) is 12.1 Å². The number of thiazole rings is 1. The van der Waals surface area contributed by atoms with Crippen LogP contribution in [0.4, 0.5) is 5.13 Å². The van der Waals surface area contributed by atoms with Crippen LogP contribution in [0.2, 0.25) is 0 Å². The lowest BCUT2D eigenvalue weighted by Crippen LogP contribution is -2.18. The summed E-state index contributed by atoms with van der Waals surface area (Å²) >= 11 is 1.39. The Kier molecular flexibility index (Phi) is 6.05. The van der Waals surface area contributed by atoms with Crippen LogP contribution < -0.4 is 15.2 Å². The summed E-state index contributed by atoms with van der Waals surface area (Å²) in [6.07, 6.45) is 0. The molecule has 134 valence electrons. The van der Waals surface area contributed by atoms with E-state index in [2.05, 4.69) is 4.98 Å². The largest absolute Gasteiger partial charge is 0.490 e. The number of nitrogens with two attached hydrogens (primary N) is 1. The molecule has 0 atom stereocenters. The molecule has 2 N–H and O–H groups in total. The Morgan fingerprint density at radius 1 is 0.962 bits per heavy atom. The lowest BCUT2D eigenvalue weighted by atomic mass is 10.2. The van der Waals surface area contributed by atoms with E-state index in [-0.39, 0.29) is 13.2 Å². The maximum atomic E-state index is 11.7. The number of anilines is 1. The zero-order valence-electron chi connectivity index (χ0n) is 14.0. The summed E-state index contributed by atoms with van der Waals surface area (Å²) in [6, 6.07) is 16.6. The molecular weight excluding hydrogens is 352 g/mol. The molecule has 0 spiro atoms. The number of hydrogen-bond donors (Lipinski definition) is 1. The highest BCUT2D eigenvalue weighted by Gasteiger charge is 2.06. The molecule has 3 rings (SSSR count). The summed E-state index contributed by atoms with van der Waals surface area (Å²) in [5.41, 5.74) is 7.38. The highest BCUT2D eigenvalue weighted by molar-refractivity contribution is 7.13. The van der Waals surface area contributed by atoms with Crippen LogP contribution >= 0.6 is 11.3 Å². The lowest BCUT2D eigenvalue weighted by Gasteiger charge is -2.08. The number of esters is 1. The van der Waals surface area contributed by atoms with E-state index in [9.17, 15) is 4.79 Å². The van der Waals surface area contributed by atoms with Crippen LogP contribution in [0.15, 0.2) is 60.0 Å². The zero-order valence-corrected chi connectivity index (χ0v) is 14.8. The number of aromatic nitrogens is 1. The monoisotopic (exact) mass is 370 g/mol. The number of benzene rings is 2. The number of rotatable bonds is 8. The first-order valence-corrected chi connectivity index (χ1v) is 8.86. The third kappa shape index (κ3) is 5.22. The van der Waals surface area contributed by atoms with Crippen molar-refractivity contribution in [3.05, 3.63) is 60.0 Å². The number of carbonyl (C=O) groups is 1. The zero-order chi connectivity index (χ0) is 18.2. The van der Waals surface area contributed by atoms with E-state index >= 15 is 0 Å². The van der Waals surface area contributed by atoms with Crippen LogP contribution in [0.25, 0.3) is 11.3 Å². The summed E-state index contributed by atoms with van der Waals surface area (Å²) in [5.74, 6) is 0.870. The third-order valence-electron chi connectivity index (χ3n) is 3.39. The normalized spacial score (nSPS) is 10.3. The molecule has 0 radical (unpaired) electrons. The van der Waals surface area contributed by atoms with Crippen molar-refractivity contribution < 1.29 is 19.0 Å². The van der Waals surface area contributed by atoms with Gasteiger partial charge in [0.25, 0.3) is 0 Å². The van der Waals surface area contributed by atoms with Crippen molar-refractivity contribution in [2.75, 3.05) is 25.6 Å². The average molecular weight is 370 g/mol. The first-order chi connectivity index (χ1) is 12.7. The minimum atomic E-state index is -0.446. The molecule has 0 bridgehead atoms. The number of carbonyl (C=O) groups excluding carboxylic acids is 1. The average Bonchev–Trinajstić information content (AvgIpc) is 3.11. The van der Waals surface area contributed by atoms with Crippen LogP contribution in [0.3, 0.4) is 0 Å². The minimum Gasteiger partial charge on any atom is -0.490 e. The van der Waals surface area contributed by atoms with Crippen LogP contribution in [-0.2, 0) is 9.53 Å². The smallest absolute Gasteiger partial charge is 0.344 e. The van der Waals surface area contributed by atoms with Gasteiger partial charge < -0.3 is 19.9 Å².